The molecule has 3 saturated heterocycles. The van der Waals surface area contributed by atoms with E-state index in [4.69, 9.17) is 28.4 Å². The van der Waals surface area contributed by atoms with Gasteiger partial charge >= 0.3 is 5.97 Å². The molecule has 0 aromatic carbocycles. The minimum Gasteiger partial charge on any atom is -0.477 e. The maximum absolute atomic E-state index is 13.4. The molecule has 0 aromatic rings. The van der Waals surface area contributed by atoms with Gasteiger partial charge in [-0.1, -0.05) is 188 Å². The Hall–Kier alpha value is -1.78. The van der Waals surface area contributed by atoms with Crippen LogP contribution in [-0.2, 0) is 38.0 Å². The average molecular weight is 1160 g/mol. The molecular weight excluding hydrogens is 1050 g/mol. The molecular formula is C58H109NO21. The van der Waals surface area contributed by atoms with E-state index in [9.17, 15) is 76.0 Å². The first kappa shape index (κ1) is 72.5. The number of ether oxygens (including phenoxy) is 6. The van der Waals surface area contributed by atoms with Crippen molar-refractivity contribution in [3.8, 4) is 0 Å². The first-order valence-electron chi connectivity index (χ1n) is 30.8. The zero-order valence-electron chi connectivity index (χ0n) is 48.5. The molecule has 3 aliphatic rings. The summed E-state index contributed by atoms with van der Waals surface area (Å²) in [6, 6.07) is -1.20. The SMILES string of the molecule is CCCCCCCCCCCCCCCCCC(=O)N[C@@H](CO[C@@H]1O[C@@H](CO)[C@@H](O[C@@H]2OC(CO)C(O)[C@H](O[C@]3(C(=O)O)CC(O)C(C)[C@H]([C@H](O)[C@H](O)CO)O3)C2O)C(O)C1O)[C@H](O)[C@H](O)CCCCCCCCCCCCCC. The van der Waals surface area contributed by atoms with E-state index in [0.717, 1.165) is 51.4 Å². The summed E-state index contributed by atoms with van der Waals surface area (Å²) in [5.41, 5.74) is 0. The second-order valence-corrected chi connectivity index (χ2v) is 23.1. The number of carboxylic acid groups (broad SMARTS) is 1. The topological polar surface area (TPSA) is 365 Å². The molecule has 472 valence electrons. The van der Waals surface area contributed by atoms with Gasteiger partial charge in [0.1, 0.15) is 67.1 Å². The fourth-order valence-corrected chi connectivity index (χ4v) is 11.1. The molecule has 0 radical (unpaired) electrons. The third-order valence-corrected chi connectivity index (χ3v) is 16.4. The lowest BCUT2D eigenvalue weighted by Gasteiger charge is -2.50. The maximum atomic E-state index is 13.4. The van der Waals surface area contributed by atoms with Gasteiger partial charge in [-0.25, -0.2) is 4.79 Å². The molecule has 0 aromatic heterocycles. The van der Waals surface area contributed by atoms with Crippen LogP contribution in [0.25, 0.3) is 0 Å². The van der Waals surface area contributed by atoms with Gasteiger partial charge in [0.05, 0.1) is 50.8 Å². The molecule has 3 heterocycles. The van der Waals surface area contributed by atoms with Gasteiger partial charge in [-0.05, 0) is 12.8 Å². The molecule has 3 fully saturated rings. The van der Waals surface area contributed by atoms with Crippen molar-refractivity contribution in [1.82, 2.24) is 5.32 Å². The van der Waals surface area contributed by atoms with Gasteiger partial charge in [0.15, 0.2) is 12.6 Å². The van der Waals surface area contributed by atoms with Gasteiger partial charge < -0.3 is 100 Å². The molecule has 0 spiro atoms. The van der Waals surface area contributed by atoms with E-state index in [1.165, 1.54) is 116 Å². The molecule has 14 N–H and O–H groups in total. The van der Waals surface area contributed by atoms with Gasteiger partial charge in [-0.2, -0.15) is 0 Å². The Balaban J connectivity index is 1.64. The first-order valence-corrected chi connectivity index (χ1v) is 30.8. The minimum atomic E-state index is -2.93. The monoisotopic (exact) mass is 1160 g/mol. The van der Waals surface area contributed by atoms with Crippen LogP contribution in [0.1, 0.15) is 213 Å². The van der Waals surface area contributed by atoms with Crippen molar-refractivity contribution in [1.29, 1.82) is 0 Å². The van der Waals surface area contributed by atoms with Crippen LogP contribution in [0, 0.1) is 5.92 Å². The van der Waals surface area contributed by atoms with Crippen molar-refractivity contribution in [2.24, 2.45) is 5.92 Å². The Morgan fingerprint density at radius 2 is 1.06 bits per heavy atom. The van der Waals surface area contributed by atoms with Crippen LogP contribution in [0.15, 0.2) is 0 Å². The zero-order valence-corrected chi connectivity index (χ0v) is 48.5. The number of carbonyl (C=O) groups excluding carboxylic acids is 1. The minimum absolute atomic E-state index is 0.155. The molecule has 3 aliphatic heterocycles. The third kappa shape index (κ3) is 24.3. The number of carbonyl (C=O) groups is 2. The lowest BCUT2D eigenvalue weighted by Crippen LogP contribution is -2.68. The highest BCUT2D eigenvalue weighted by molar-refractivity contribution is 5.76. The largest absolute Gasteiger partial charge is 0.477 e. The van der Waals surface area contributed by atoms with E-state index in [-0.39, 0.29) is 18.7 Å². The summed E-state index contributed by atoms with van der Waals surface area (Å²) in [4.78, 5) is 26.2. The number of aliphatic hydroxyl groups is 12. The van der Waals surface area contributed by atoms with Crippen molar-refractivity contribution < 1.29 is 104 Å². The van der Waals surface area contributed by atoms with E-state index in [1.54, 1.807) is 0 Å². The van der Waals surface area contributed by atoms with Crippen molar-refractivity contribution in [2.75, 3.05) is 26.4 Å². The molecule has 1 amide bonds. The molecule has 0 bridgehead atoms. The summed E-state index contributed by atoms with van der Waals surface area (Å²) >= 11 is 0. The molecule has 22 heteroatoms. The highest BCUT2D eigenvalue weighted by Gasteiger charge is 2.59. The summed E-state index contributed by atoms with van der Waals surface area (Å²) in [6.45, 7) is 2.47. The summed E-state index contributed by atoms with van der Waals surface area (Å²) < 4.78 is 34.6. The van der Waals surface area contributed by atoms with Gasteiger partial charge in [-0.3, -0.25) is 4.79 Å². The number of hydrogen-bond acceptors (Lipinski definition) is 20. The smallest absolute Gasteiger partial charge is 0.364 e. The van der Waals surface area contributed by atoms with Crippen molar-refractivity contribution in [3.63, 3.8) is 0 Å². The van der Waals surface area contributed by atoms with E-state index >= 15 is 0 Å². The Bertz CT molecular complexity index is 1610. The van der Waals surface area contributed by atoms with Crippen LogP contribution in [0.5, 0.6) is 0 Å². The number of hydrogen-bond donors (Lipinski definition) is 14. The fourth-order valence-electron chi connectivity index (χ4n) is 11.1. The number of rotatable bonds is 45. The average Bonchev–Trinajstić information content (AvgIpc) is 3.54. The van der Waals surface area contributed by atoms with Crippen LogP contribution in [0.3, 0.4) is 0 Å². The number of aliphatic hydroxyl groups excluding tert-OH is 12. The van der Waals surface area contributed by atoms with Crippen molar-refractivity contribution in [3.05, 3.63) is 0 Å². The van der Waals surface area contributed by atoms with Crippen molar-refractivity contribution in [2.45, 2.75) is 323 Å². The molecule has 22 nitrogen and oxygen atoms in total. The van der Waals surface area contributed by atoms with Gasteiger partial charge in [0, 0.05) is 18.8 Å². The number of aliphatic carboxylic acids is 1. The van der Waals surface area contributed by atoms with Gasteiger partial charge in [0.2, 0.25) is 5.91 Å². The van der Waals surface area contributed by atoms with Crippen molar-refractivity contribution >= 4 is 11.9 Å². The lowest BCUT2D eigenvalue weighted by atomic mass is 9.84. The molecule has 0 aliphatic carbocycles. The lowest BCUT2D eigenvalue weighted by molar-refractivity contribution is -0.388. The molecule has 0 saturated carbocycles. The second-order valence-electron chi connectivity index (χ2n) is 23.1. The van der Waals surface area contributed by atoms with Crippen LogP contribution in [0.4, 0.5) is 0 Å². The predicted molar refractivity (Wildman–Crippen MR) is 295 cm³/mol. The summed E-state index contributed by atoms with van der Waals surface area (Å²) in [7, 11) is 0. The summed E-state index contributed by atoms with van der Waals surface area (Å²) in [5.74, 6) is -6.23. The fraction of sp³-hybridized carbons (Fsp3) is 0.966. The standard InChI is InChI=1S/C58H109NO21/c1-4-6-8-10-12-14-16-18-19-20-22-24-26-28-30-32-45(66)59-39(46(67)40(63)31-29-27-25-23-21-17-15-13-11-9-7-5-2)37-75-55-50(71)49(70)53(44(36-62)77-55)78-56-51(72)54(48(69)43(35-61)76-56)80-58(57(73)74)33-41(64)38(3)52(79-58)47(68)42(65)34-60/h38-44,46-56,60-65,67-72H,4-37H2,1-3H3,(H,59,66)(H,73,74)/t38?,39-,40+,41?,42+,43?,44-,46-,47+,48?,49?,50?,51?,52+,53+,54-,55+,56-,58-/m0/s1. The zero-order chi connectivity index (χ0) is 59.0. The van der Waals surface area contributed by atoms with Crippen LogP contribution >= 0.6 is 0 Å². The predicted octanol–water partition coefficient (Wildman–Crippen LogP) is 3.49. The van der Waals surface area contributed by atoms with E-state index in [2.05, 4.69) is 19.2 Å². The molecule has 19 atom stereocenters. The van der Waals surface area contributed by atoms with E-state index in [0.29, 0.717) is 12.8 Å². The highest BCUT2D eigenvalue weighted by atomic mass is 16.8. The highest BCUT2D eigenvalue weighted by Crippen LogP contribution is 2.40. The molecule has 80 heavy (non-hydrogen) atoms. The first-order chi connectivity index (χ1) is 38.4. The summed E-state index contributed by atoms with van der Waals surface area (Å²) in [6.07, 6.45) is 1.71. The van der Waals surface area contributed by atoms with Crippen LogP contribution < -0.4 is 5.32 Å². The number of nitrogens with one attached hydrogen (secondary N) is 1. The van der Waals surface area contributed by atoms with E-state index < -0.39 is 155 Å². The third-order valence-electron chi connectivity index (χ3n) is 16.4. The number of carboxylic acids is 1. The Morgan fingerprint density at radius 3 is 1.54 bits per heavy atom. The van der Waals surface area contributed by atoms with Gasteiger partial charge in [0.25, 0.3) is 5.79 Å². The Labute approximate surface area is 475 Å². The molecule has 7 unspecified atom stereocenters. The maximum Gasteiger partial charge on any atom is 0.364 e. The Kier molecular flexibility index (Phi) is 36.7. The number of amides is 1. The van der Waals surface area contributed by atoms with Crippen LogP contribution in [-0.4, -0.2) is 215 Å². The second kappa shape index (κ2) is 40.5. The van der Waals surface area contributed by atoms with Crippen LogP contribution in [0.2, 0.25) is 0 Å². The van der Waals surface area contributed by atoms with Gasteiger partial charge in [-0.15, -0.1) is 0 Å². The number of unbranched alkanes of at least 4 members (excludes halogenated alkanes) is 25. The quantitative estimate of drug-likeness (QED) is 0.0388. The Morgan fingerprint density at radius 1 is 0.588 bits per heavy atom. The summed E-state index contributed by atoms with van der Waals surface area (Å²) in [5, 5.41) is 143. The van der Waals surface area contributed by atoms with E-state index in [1.807, 2.05) is 0 Å². The normalized spacial score (nSPS) is 31.1. The molecule has 3 rings (SSSR count).